The zero-order valence-electron chi connectivity index (χ0n) is 15.0. The molecule has 1 aliphatic rings. The van der Waals surface area contributed by atoms with E-state index in [0.29, 0.717) is 12.1 Å². The molecular weight excluding hydrogens is 324 g/mol. The largest absolute Gasteiger partial charge is 0.468 e. The Balaban J connectivity index is 1.35. The fourth-order valence-corrected chi connectivity index (χ4v) is 3.71. The number of hydrogen-bond acceptors (Lipinski definition) is 4. The van der Waals surface area contributed by atoms with E-state index in [1.165, 1.54) is 5.56 Å². The number of nitrogens with zero attached hydrogens (tertiary/aromatic N) is 3. The molecule has 1 fully saturated rings. The minimum atomic E-state index is 0.298. The van der Waals surface area contributed by atoms with Crippen LogP contribution in [0.5, 0.6) is 0 Å². The van der Waals surface area contributed by atoms with Crippen molar-refractivity contribution in [1.29, 1.82) is 0 Å². The van der Waals surface area contributed by atoms with Gasteiger partial charge in [0, 0.05) is 38.1 Å². The number of imidazole rings is 1. The molecule has 1 unspecified atom stereocenters. The molecule has 1 N–H and O–H groups in total. The first-order valence-electron chi connectivity index (χ1n) is 9.38. The average Bonchev–Trinajstić information content (AvgIpc) is 3.38. The number of nitrogens with one attached hydrogen (secondary N) is 1. The zero-order valence-corrected chi connectivity index (χ0v) is 15.0. The van der Waals surface area contributed by atoms with Crippen molar-refractivity contribution in [2.24, 2.45) is 0 Å². The van der Waals surface area contributed by atoms with Gasteiger partial charge in [-0.25, -0.2) is 4.98 Å². The molecule has 26 heavy (non-hydrogen) atoms. The van der Waals surface area contributed by atoms with Crippen LogP contribution in [-0.4, -0.2) is 33.6 Å². The predicted molar refractivity (Wildman–Crippen MR) is 102 cm³/mol. The lowest BCUT2D eigenvalue weighted by Crippen LogP contribution is -2.44. The standard InChI is InChI=1S/C21H26N4O/c1-2-5-18(6-3-1)21(16-25-13-10-22-17-25)23-19-8-11-24(12-9-19)15-20-7-4-14-26-20/h1-7,10,13-14,17,19,21,23H,8-9,11-12,15-16H2. The fourth-order valence-electron chi connectivity index (χ4n) is 3.71. The van der Waals surface area contributed by atoms with Crippen molar-refractivity contribution in [2.75, 3.05) is 13.1 Å². The van der Waals surface area contributed by atoms with Gasteiger partial charge in [0.15, 0.2) is 0 Å². The van der Waals surface area contributed by atoms with Crippen LogP contribution in [0.15, 0.2) is 71.9 Å². The molecule has 0 aliphatic carbocycles. The van der Waals surface area contributed by atoms with E-state index in [2.05, 4.69) is 56.2 Å². The summed E-state index contributed by atoms with van der Waals surface area (Å²) < 4.78 is 7.63. The molecule has 0 amide bonds. The Hall–Kier alpha value is -2.37. The van der Waals surface area contributed by atoms with Gasteiger partial charge in [0.2, 0.25) is 0 Å². The molecule has 5 nitrogen and oxygen atoms in total. The Kier molecular flexibility index (Phi) is 5.47. The van der Waals surface area contributed by atoms with Crippen molar-refractivity contribution in [3.8, 4) is 0 Å². The summed E-state index contributed by atoms with van der Waals surface area (Å²) in [5.74, 6) is 1.05. The summed E-state index contributed by atoms with van der Waals surface area (Å²) in [6, 6.07) is 15.6. The molecule has 0 spiro atoms. The third kappa shape index (κ3) is 4.42. The van der Waals surface area contributed by atoms with Gasteiger partial charge in [0.25, 0.3) is 0 Å². The van der Waals surface area contributed by atoms with E-state index in [4.69, 9.17) is 4.42 Å². The Morgan fingerprint density at radius 3 is 2.65 bits per heavy atom. The van der Waals surface area contributed by atoms with Crippen molar-refractivity contribution in [2.45, 2.75) is 38.0 Å². The first-order valence-corrected chi connectivity index (χ1v) is 9.38. The molecule has 3 heterocycles. The summed E-state index contributed by atoms with van der Waals surface area (Å²) >= 11 is 0. The summed E-state index contributed by atoms with van der Waals surface area (Å²) in [5, 5.41) is 3.89. The SMILES string of the molecule is c1ccc(C(Cn2ccnc2)NC2CCN(Cc3ccco3)CC2)cc1. The number of furan rings is 1. The molecule has 2 aromatic heterocycles. The Morgan fingerprint density at radius 1 is 1.12 bits per heavy atom. The van der Waals surface area contributed by atoms with Crippen LogP contribution in [-0.2, 0) is 13.1 Å². The Bertz CT molecular complexity index is 747. The van der Waals surface area contributed by atoms with Gasteiger partial charge < -0.3 is 14.3 Å². The first kappa shape index (κ1) is 17.1. The zero-order chi connectivity index (χ0) is 17.6. The van der Waals surface area contributed by atoms with Crippen molar-refractivity contribution in [3.63, 3.8) is 0 Å². The highest BCUT2D eigenvalue weighted by molar-refractivity contribution is 5.19. The maximum atomic E-state index is 5.48. The van der Waals surface area contributed by atoms with Crippen molar-refractivity contribution in [1.82, 2.24) is 19.8 Å². The molecule has 1 atom stereocenters. The summed E-state index contributed by atoms with van der Waals surface area (Å²) in [6.07, 6.45) is 9.84. The smallest absolute Gasteiger partial charge is 0.117 e. The van der Waals surface area contributed by atoms with E-state index >= 15 is 0 Å². The van der Waals surface area contributed by atoms with Crippen LogP contribution < -0.4 is 5.32 Å². The van der Waals surface area contributed by atoms with Gasteiger partial charge in [0.05, 0.1) is 25.2 Å². The predicted octanol–water partition coefficient (Wildman–Crippen LogP) is 3.47. The molecule has 136 valence electrons. The third-order valence-corrected chi connectivity index (χ3v) is 5.14. The van der Waals surface area contributed by atoms with Crippen molar-refractivity contribution in [3.05, 3.63) is 78.8 Å². The van der Waals surface area contributed by atoms with Crippen molar-refractivity contribution < 1.29 is 4.42 Å². The van der Waals surface area contributed by atoms with Crippen LogP contribution in [0.4, 0.5) is 0 Å². The number of benzene rings is 1. The topological polar surface area (TPSA) is 46.2 Å². The maximum Gasteiger partial charge on any atom is 0.117 e. The van der Waals surface area contributed by atoms with Gasteiger partial charge in [0.1, 0.15) is 5.76 Å². The quantitative estimate of drug-likeness (QED) is 0.709. The highest BCUT2D eigenvalue weighted by atomic mass is 16.3. The molecule has 1 saturated heterocycles. The van der Waals surface area contributed by atoms with E-state index in [-0.39, 0.29) is 0 Å². The maximum absolute atomic E-state index is 5.48. The summed E-state index contributed by atoms with van der Waals surface area (Å²) in [4.78, 5) is 6.66. The minimum absolute atomic E-state index is 0.298. The van der Waals surface area contributed by atoms with E-state index in [0.717, 1.165) is 44.8 Å². The number of piperidine rings is 1. The van der Waals surface area contributed by atoms with Gasteiger partial charge in [-0.05, 0) is 30.5 Å². The number of rotatable bonds is 7. The van der Waals surface area contributed by atoms with Crippen LogP contribution in [0.3, 0.4) is 0 Å². The van der Waals surface area contributed by atoms with Crippen LogP contribution in [0.25, 0.3) is 0 Å². The molecule has 5 heteroatoms. The van der Waals surface area contributed by atoms with Gasteiger partial charge in [-0.1, -0.05) is 30.3 Å². The molecule has 0 bridgehead atoms. The summed E-state index contributed by atoms with van der Waals surface area (Å²) in [6.45, 7) is 4.02. The highest BCUT2D eigenvalue weighted by Crippen LogP contribution is 2.20. The molecule has 3 aromatic rings. The monoisotopic (exact) mass is 350 g/mol. The summed E-state index contributed by atoms with van der Waals surface area (Å²) in [5.41, 5.74) is 1.33. The average molecular weight is 350 g/mol. The fraction of sp³-hybridized carbons (Fsp3) is 0.381. The van der Waals surface area contributed by atoms with Crippen molar-refractivity contribution >= 4 is 0 Å². The lowest BCUT2D eigenvalue weighted by atomic mass is 10.0. The Labute approximate surface area is 154 Å². The highest BCUT2D eigenvalue weighted by Gasteiger charge is 2.23. The molecule has 1 aliphatic heterocycles. The van der Waals surface area contributed by atoms with Gasteiger partial charge in [-0.2, -0.15) is 0 Å². The molecule has 4 rings (SSSR count). The van der Waals surface area contributed by atoms with Crippen LogP contribution in [0.1, 0.15) is 30.2 Å². The first-order chi connectivity index (χ1) is 12.9. The molecule has 0 saturated carbocycles. The van der Waals surface area contributed by atoms with E-state index < -0.39 is 0 Å². The number of aromatic nitrogens is 2. The normalized spacial score (nSPS) is 17.4. The Morgan fingerprint density at radius 2 is 1.96 bits per heavy atom. The van der Waals surface area contributed by atoms with Gasteiger partial charge in [-0.15, -0.1) is 0 Å². The van der Waals surface area contributed by atoms with E-state index in [1.807, 2.05) is 24.8 Å². The summed E-state index contributed by atoms with van der Waals surface area (Å²) in [7, 11) is 0. The lowest BCUT2D eigenvalue weighted by molar-refractivity contribution is 0.171. The van der Waals surface area contributed by atoms with Crippen LogP contribution >= 0.6 is 0 Å². The number of likely N-dealkylation sites (tertiary alicyclic amines) is 1. The molecule has 1 aromatic carbocycles. The third-order valence-electron chi connectivity index (χ3n) is 5.14. The molecular formula is C21H26N4O. The number of hydrogen-bond donors (Lipinski definition) is 1. The van der Waals surface area contributed by atoms with Crippen LogP contribution in [0.2, 0.25) is 0 Å². The minimum Gasteiger partial charge on any atom is -0.468 e. The second kappa shape index (κ2) is 8.34. The lowest BCUT2D eigenvalue weighted by Gasteiger charge is -2.34. The second-order valence-electron chi connectivity index (χ2n) is 7.02. The van der Waals surface area contributed by atoms with Gasteiger partial charge >= 0.3 is 0 Å². The molecule has 0 radical (unpaired) electrons. The van der Waals surface area contributed by atoms with E-state index in [9.17, 15) is 0 Å². The van der Waals surface area contributed by atoms with Crippen LogP contribution in [0, 0.1) is 0 Å². The van der Waals surface area contributed by atoms with E-state index in [1.54, 1.807) is 6.26 Å². The van der Waals surface area contributed by atoms with Gasteiger partial charge in [-0.3, -0.25) is 4.90 Å². The second-order valence-corrected chi connectivity index (χ2v) is 7.02.